The van der Waals surface area contributed by atoms with Crippen LogP contribution in [0.25, 0.3) is 0 Å². The third-order valence-corrected chi connectivity index (χ3v) is 4.01. The van der Waals surface area contributed by atoms with Crippen molar-refractivity contribution in [2.24, 2.45) is 5.92 Å². The van der Waals surface area contributed by atoms with E-state index in [9.17, 15) is 9.59 Å². The van der Waals surface area contributed by atoms with Crippen LogP contribution in [0.2, 0.25) is 0 Å². The Kier molecular flexibility index (Phi) is 6.10. The number of aromatic nitrogens is 1. The summed E-state index contributed by atoms with van der Waals surface area (Å²) in [4.78, 5) is 28.9. The quantitative estimate of drug-likeness (QED) is 0.871. The molecule has 0 aliphatic carbocycles. The largest absolute Gasteiger partial charge is 0.478 e. The molecule has 1 amide bonds. The Morgan fingerprint density at radius 1 is 1.35 bits per heavy atom. The number of ether oxygens (including phenoxy) is 1. The molecule has 126 valence electrons. The zero-order chi connectivity index (χ0) is 16.8. The molecular formula is C17H24N2O4. The van der Waals surface area contributed by atoms with Gasteiger partial charge in [-0.1, -0.05) is 13.8 Å². The fraction of sp³-hybridized carbons (Fsp3) is 0.588. The number of rotatable bonds is 6. The van der Waals surface area contributed by atoms with Gasteiger partial charge in [-0.3, -0.25) is 9.78 Å². The lowest BCUT2D eigenvalue weighted by molar-refractivity contribution is 0.00469. The first kappa shape index (κ1) is 17.4. The Labute approximate surface area is 136 Å². The number of carboxylic acid groups (broad SMARTS) is 1. The molecule has 23 heavy (non-hydrogen) atoms. The van der Waals surface area contributed by atoms with Crippen molar-refractivity contribution >= 4 is 11.9 Å². The number of nitrogens with zero attached hydrogens (tertiary/aromatic N) is 2. The maximum Gasteiger partial charge on any atom is 0.337 e. The van der Waals surface area contributed by atoms with E-state index in [1.807, 2.05) is 0 Å². The lowest BCUT2D eigenvalue weighted by Crippen LogP contribution is -2.41. The first-order chi connectivity index (χ1) is 11.0. The van der Waals surface area contributed by atoms with Crippen molar-refractivity contribution in [3.8, 4) is 0 Å². The first-order valence-electron chi connectivity index (χ1n) is 8.07. The van der Waals surface area contributed by atoms with Crippen LogP contribution in [0, 0.1) is 5.92 Å². The molecule has 0 spiro atoms. The van der Waals surface area contributed by atoms with Gasteiger partial charge in [-0.25, -0.2) is 4.79 Å². The lowest BCUT2D eigenvalue weighted by Gasteiger charge is -2.31. The van der Waals surface area contributed by atoms with Crippen LogP contribution in [0.3, 0.4) is 0 Å². The monoisotopic (exact) mass is 320 g/mol. The van der Waals surface area contributed by atoms with Crippen LogP contribution in [0.15, 0.2) is 18.3 Å². The van der Waals surface area contributed by atoms with Gasteiger partial charge in [0, 0.05) is 25.9 Å². The third-order valence-electron chi connectivity index (χ3n) is 4.01. The summed E-state index contributed by atoms with van der Waals surface area (Å²) < 4.78 is 5.85. The Balaban J connectivity index is 1.82. The maximum atomic E-state index is 12.4. The minimum atomic E-state index is -1.05. The highest BCUT2D eigenvalue weighted by molar-refractivity contribution is 5.93. The molecule has 0 saturated carbocycles. The van der Waals surface area contributed by atoms with Crippen LogP contribution < -0.4 is 0 Å². The van der Waals surface area contributed by atoms with E-state index in [1.165, 1.54) is 18.3 Å². The molecular weight excluding hydrogens is 296 g/mol. The van der Waals surface area contributed by atoms with Gasteiger partial charge in [-0.05, 0) is 37.3 Å². The number of carboxylic acids is 1. The minimum absolute atomic E-state index is 0.0822. The molecule has 6 heteroatoms. The van der Waals surface area contributed by atoms with Crippen LogP contribution in [-0.2, 0) is 4.74 Å². The summed E-state index contributed by atoms with van der Waals surface area (Å²) in [5.74, 6) is -0.560. The summed E-state index contributed by atoms with van der Waals surface area (Å²) in [6.45, 7) is 6.41. The van der Waals surface area contributed by atoms with Crippen LogP contribution in [0.5, 0.6) is 0 Å². The van der Waals surface area contributed by atoms with E-state index in [0.717, 1.165) is 25.9 Å². The van der Waals surface area contributed by atoms with Crippen molar-refractivity contribution in [3.05, 3.63) is 29.6 Å². The van der Waals surface area contributed by atoms with Crippen molar-refractivity contribution in [2.75, 3.05) is 19.7 Å². The van der Waals surface area contributed by atoms with Crippen molar-refractivity contribution < 1.29 is 19.4 Å². The molecule has 2 rings (SSSR count). The van der Waals surface area contributed by atoms with Crippen LogP contribution in [0.4, 0.5) is 0 Å². The summed E-state index contributed by atoms with van der Waals surface area (Å²) in [7, 11) is 0. The number of carbonyl (C=O) groups excluding carboxylic acids is 1. The Hall–Kier alpha value is -1.95. The van der Waals surface area contributed by atoms with Gasteiger partial charge in [-0.15, -0.1) is 0 Å². The van der Waals surface area contributed by atoms with Gasteiger partial charge in [0.15, 0.2) is 0 Å². The second-order valence-corrected chi connectivity index (χ2v) is 6.28. The van der Waals surface area contributed by atoms with E-state index in [4.69, 9.17) is 9.84 Å². The number of hydrogen-bond donors (Lipinski definition) is 1. The molecule has 1 aliphatic heterocycles. The van der Waals surface area contributed by atoms with E-state index < -0.39 is 5.97 Å². The first-order valence-corrected chi connectivity index (χ1v) is 8.07. The topological polar surface area (TPSA) is 79.7 Å². The molecule has 0 unspecified atom stereocenters. The molecule has 0 aromatic carbocycles. The summed E-state index contributed by atoms with van der Waals surface area (Å²) >= 11 is 0. The van der Waals surface area contributed by atoms with E-state index in [0.29, 0.717) is 19.0 Å². The standard InChI is InChI=1S/C17H24N2O4/c1-12(2)7-10-23-14-5-8-19(9-6-14)16(20)15-4-3-13(11-18-15)17(21)22/h3-4,11-12,14H,5-10H2,1-2H3,(H,21,22). The number of aromatic carboxylic acids is 1. The van der Waals surface area contributed by atoms with Gasteiger partial charge < -0.3 is 14.7 Å². The van der Waals surface area contributed by atoms with E-state index in [-0.39, 0.29) is 23.3 Å². The highest BCUT2D eigenvalue weighted by Gasteiger charge is 2.24. The van der Waals surface area contributed by atoms with E-state index in [2.05, 4.69) is 18.8 Å². The van der Waals surface area contributed by atoms with Gasteiger partial charge in [0.25, 0.3) is 5.91 Å². The summed E-state index contributed by atoms with van der Waals surface area (Å²) in [5, 5.41) is 8.85. The fourth-order valence-corrected chi connectivity index (χ4v) is 2.50. The van der Waals surface area contributed by atoms with Gasteiger partial charge in [0.2, 0.25) is 0 Å². The molecule has 2 heterocycles. The normalized spacial score (nSPS) is 15.9. The second-order valence-electron chi connectivity index (χ2n) is 6.28. The minimum Gasteiger partial charge on any atom is -0.478 e. The molecule has 1 N–H and O–H groups in total. The number of pyridine rings is 1. The molecule has 1 aliphatic rings. The number of piperidine rings is 1. The van der Waals surface area contributed by atoms with Gasteiger partial charge >= 0.3 is 5.97 Å². The lowest BCUT2D eigenvalue weighted by atomic mass is 10.1. The summed E-state index contributed by atoms with van der Waals surface area (Å²) in [6, 6.07) is 2.88. The molecule has 1 aromatic heterocycles. The molecule has 0 bridgehead atoms. The summed E-state index contributed by atoms with van der Waals surface area (Å²) in [6.07, 6.45) is 4.16. The highest BCUT2D eigenvalue weighted by atomic mass is 16.5. The van der Waals surface area contributed by atoms with Gasteiger partial charge in [0.05, 0.1) is 11.7 Å². The highest BCUT2D eigenvalue weighted by Crippen LogP contribution is 2.17. The Morgan fingerprint density at radius 2 is 2.04 bits per heavy atom. The molecule has 1 aromatic rings. The number of hydrogen-bond acceptors (Lipinski definition) is 4. The predicted molar refractivity (Wildman–Crippen MR) is 85.5 cm³/mol. The third kappa shape index (κ3) is 5.03. The average Bonchev–Trinajstić information content (AvgIpc) is 2.54. The van der Waals surface area contributed by atoms with Crippen LogP contribution in [-0.4, -0.2) is 52.7 Å². The maximum absolute atomic E-state index is 12.4. The number of amides is 1. The zero-order valence-electron chi connectivity index (χ0n) is 13.7. The molecule has 0 radical (unpaired) electrons. The van der Waals surface area contributed by atoms with E-state index >= 15 is 0 Å². The SMILES string of the molecule is CC(C)CCOC1CCN(C(=O)c2ccc(C(=O)O)cn2)CC1. The van der Waals surface area contributed by atoms with Crippen LogP contribution in [0.1, 0.15) is 54.0 Å². The molecule has 1 saturated heterocycles. The Bertz CT molecular complexity index is 534. The van der Waals surface area contributed by atoms with Gasteiger partial charge in [-0.2, -0.15) is 0 Å². The van der Waals surface area contributed by atoms with E-state index in [1.54, 1.807) is 4.90 Å². The fourth-order valence-electron chi connectivity index (χ4n) is 2.50. The Morgan fingerprint density at radius 3 is 2.57 bits per heavy atom. The number of carbonyl (C=O) groups is 2. The van der Waals surface area contributed by atoms with Crippen molar-refractivity contribution in [2.45, 2.75) is 39.2 Å². The van der Waals surface area contributed by atoms with Crippen molar-refractivity contribution in [3.63, 3.8) is 0 Å². The van der Waals surface area contributed by atoms with Crippen molar-refractivity contribution in [1.82, 2.24) is 9.88 Å². The van der Waals surface area contributed by atoms with Gasteiger partial charge in [0.1, 0.15) is 5.69 Å². The molecule has 6 nitrogen and oxygen atoms in total. The van der Waals surface area contributed by atoms with Crippen LogP contribution >= 0.6 is 0 Å². The predicted octanol–water partition coefficient (Wildman–Crippen LogP) is 2.45. The second kappa shape index (κ2) is 8.06. The average molecular weight is 320 g/mol. The summed E-state index contributed by atoms with van der Waals surface area (Å²) in [5.41, 5.74) is 0.369. The smallest absolute Gasteiger partial charge is 0.337 e. The molecule has 1 fully saturated rings. The zero-order valence-corrected chi connectivity index (χ0v) is 13.7. The molecule has 0 atom stereocenters. The number of likely N-dealkylation sites (tertiary alicyclic amines) is 1. The van der Waals surface area contributed by atoms with Crippen molar-refractivity contribution in [1.29, 1.82) is 0 Å².